The molecule has 5 nitrogen and oxygen atoms in total. The van der Waals surface area contributed by atoms with Crippen molar-refractivity contribution < 1.29 is 13.2 Å². The summed E-state index contributed by atoms with van der Waals surface area (Å²) in [6.45, 7) is 7.16. The normalized spacial score (nSPS) is 11.9. The van der Waals surface area contributed by atoms with Crippen LogP contribution < -0.4 is 10.7 Å². The highest BCUT2D eigenvalue weighted by Gasteiger charge is 2.20. The van der Waals surface area contributed by atoms with E-state index < -0.39 is 11.6 Å². The molecule has 1 unspecified atom stereocenters. The first-order valence-corrected chi connectivity index (χ1v) is 10.4. The molecule has 0 fully saturated rings. The van der Waals surface area contributed by atoms with Crippen molar-refractivity contribution in [1.82, 2.24) is 4.98 Å². The third-order valence-corrected chi connectivity index (χ3v) is 5.55. The summed E-state index contributed by atoms with van der Waals surface area (Å²) < 4.78 is 33.5. The minimum atomic E-state index is -1.02. The van der Waals surface area contributed by atoms with Gasteiger partial charge in [0.2, 0.25) is 0 Å². The molecule has 0 amide bonds. The Labute approximate surface area is 189 Å². The van der Waals surface area contributed by atoms with E-state index in [-0.39, 0.29) is 28.5 Å². The first kappa shape index (κ1) is 22.2. The van der Waals surface area contributed by atoms with Crippen LogP contribution in [0, 0.1) is 43.7 Å². The zero-order chi connectivity index (χ0) is 23.9. The average molecular weight is 445 g/mol. The molecular formula is C26H21F2N3O2. The zero-order valence-corrected chi connectivity index (χ0v) is 18.6. The molecule has 2 heterocycles. The number of nitrogens with zero attached hydrogens (tertiary/aromatic N) is 2. The lowest BCUT2D eigenvalue weighted by Crippen LogP contribution is -2.13. The third kappa shape index (κ3) is 4.08. The molecule has 0 saturated heterocycles. The van der Waals surface area contributed by atoms with E-state index in [2.05, 4.69) is 16.4 Å². The maximum Gasteiger partial charge on any atom is 0.196 e. The summed E-state index contributed by atoms with van der Waals surface area (Å²) in [5.74, 6) is -1.82. The molecule has 4 aromatic rings. The molecule has 1 atom stereocenters. The van der Waals surface area contributed by atoms with Gasteiger partial charge < -0.3 is 9.73 Å². The summed E-state index contributed by atoms with van der Waals surface area (Å²) in [4.78, 5) is 17.4. The Bertz CT molecular complexity index is 1500. The first-order valence-electron chi connectivity index (χ1n) is 10.4. The fourth-order valence-electron chi connectivity index (χ4n) is 3.87. The molecule has 2 aromatic heterocycles. The SMILES string of the molecule is Cc1cc(C(C)Nc2ccc(C)nc2C#N)c2oc(-c3ccc(F)c(F)c3)c(C)c(=O)c2c1. The van der Waals surface area contributed by atoms with Crippen LogP contribution in [0.2, 0.25) is 0 Å². The smallest absolute Gasteiger partial charge is 0.196 e. The second kappa shape index (κ2) is 8.47. The molecular weight excluding hydrogens is 424 g/mol. The van der Waals surface area contributed by atoms with Crippen molar-refractivity contribution >= 4 is 16.7 Å². The molecule has 0 aliphatic rings. The van der Waals surface area contributed by atoms with Gasteiger partial charge in [-0.05, 0) is 69.7 Å². The van der Waals surface area contributed by atoms with Gasteiger partial charge >= 0.3 is 0 Å². The molecule has 0 aliphatic heterocycles. The van der Waals surface area contributed by atoms with E-state index in [0.29, 0.717) is 27.8 Å². The van der Waals surface area contributed by atoms with Gasteiger partial charge in [-0.3, -0.25) is 4.79 Å². The number of pyridine rings is 1. The fourth-order valence-corrected chi connectivity index (χ4v) is 3.87. The van der Waals surface area contributed by atoms with Gasteiger partial charge in [-0.25, -0.2) is 13.8 Å². The number of fused-ring (bicyclic) bond motifs is 1. The fraction of sp³-hybridized carbons (Fsp3) is 0.192. The second-order valence-corrected chi connectivity index (χ2v) is 8.07. The number of aryl methyl sites for hydroxylation is 2. The maximum atomic E-state index is 13.9. The number of aromatic nitrogens is 1. The van der Waals surface area contributed by atoms with Gasteiger partial charge in [-0.15, -0.1) is 0 Å². The van der Waals surface area contributed by atoms with Crippen LogP contribution in [0.3, 0.4) is 0 Å². The van der Waals surface area contributed by atoms with Gasteiger partial charge in [0.15, 0.2) is 22.8 Å². The zero-order valence-electron chi connectivity index (χ0n) is 18.6. The van der Waals surface area contributed by atoms with Crippen molar-refractivity contribution in [1.29, 1.82) is 5.26 Å². The van der Waals surface area contributed by atoms with E-state index in [4.69, 9.17) is 4.42 Å². The van der Waals surface area contributed by atoms with Crippen LogP contribution in [0.5, 0.6) is 0 Å². The second-order valence-electron chi connectivity index (χ2n) is 8.07. The Morgan fingerprint density at radius 3 is 2.52 bits per heavy atom. The van der Waals surface area contributed by atoms with Gasteiger partial charge in [0.05, 0.1) is 17.1 Å². The first-order chi connectivity index (χ1) is 15.7. The predicted octanol–water partition coefficient (Wildman–Crippen LogP) is 6.10. The van der Waals surface area contributed by atoms with Gasteiger partial charge in [0.1, 0.15) is 17.4 Å². The number of anilines is 1. The van der Waals surface area contributed by atoms with Crippen LogP contribution in [0.15, 0.2) is 51.7 Å². The number of rotatable bonds is 4. The van der Waals surface area contributed by atoms with E-state index in [9.17, 15) is 18.8 Å². The van der Waals surface area contributed by atoms with Crippen molar-refractivity contribution in [2.45, 2.75) is 33.7 Å². The van der Waals surface area contributed by atoms with E-state index >= 15 is 0 Å². The van der Waals surface area contributed by atoms with Gasteiger partial charge in [0, 0.05) is 22.4 Å². The van der Waals surface area contributed by atoms with Crippen LogP contribution in [-0.2, 0) is 0 Å². The quantitative estimate of drug-likeness (QED) is 0.410. The Morgan fingerprint density at radius 2 is 1.82 bits per heavy atom. The van der Waals surface area contributed by atoms with E-state index in [1.165, 1.54) is 6.07 Å². The summed E-state index contributed by atoms with van der Waals surface area (Å²) >= 11 is 0. The van der Waals surface area contributed by atoms with E-state index in [1.807, 2.05) is 19.9 Å². The highest BCUT2D eigenvalue weighted by atomic mass is 19.2. The van der Waals surface area contributed by atoms with Crippen LogP contribution >= 0.6 is 0 Å². The summed E-state index contributed by atoms with van der Waals surface area (Å²) in [5, 5.41) is 13.1. The van der Waals surface area contributed by atoms with Crippen LogP contribution in [0.25, 0.3) is 22.3 Å². The Morgan fingerprint density at radius 1 is 1.06 bits per heavy atom. The molecule has 0 spiro atoms. The molecule has 2 aromatic carbocycles. The summed E-state index contributed by atoms with van der Waals surface area (Å²) in [5.41, 5.74) is 3.77. The van der Waals surface area contributed by atoms with Crippen molar-refractivity contribution in [3.05, 3.63) is 92.4 Å². The topological polar surface area (TPSA) is 78.9 Å². The Kier molecular flexibility index (Phi) is 5.69. The number of benzene rings is 2. The number of halogens is 2. The van der Waals surface area contributed by atoms with E-state index in [0.717, 1.165) is 23.4 Å². The predicted molar refractivity (Wildman–Crippen MR) is 123 cm³/mol. The molecule has 0 radical (unpaired) electrons. The van der Waals surface area contributed by atoms with Crippen molar-refractivity contribution in [2.75, 3.05) is 5.32 Å². The minimum Gasteiger partial charge on any atom is -0.455 e. The molecule has 7 heteroatoms. The van der Waals surface area contributed by atoms with Crippen LogP contribution in [0.1, 0.15) is 41.0 Å². The lowest BCUT2D eigenvalue weighted by molar-refractivity contribution is 0.508. The van der Waals surface area contributed by atoms with Gasteiger partial charge in [-0.1, -0.05) is 6.07 Å². The largest absolute Gasteiger partial charge is 0.455 e. The number of hydrogen-bond acceptors (Lipinski definition) is 5. The lowest BCUT2D eigenvalue weighted by Gasteiger charge is -2.19. The van der Waals surface area contributed by atoms with Crippen molar-refractivity contribution in [3.8, 4) is 17.4 Å². The molecule has 0 aliphatic carbocycles. The number of hydrogen-bond donors (Lipinski definition) is 1. The third-order valence-electron chi connectivity index (χ3n) is 5.55. The van der Waals surface area contributed by atoms with Gasteiger partial charge in [-0.2, -0.15) is 5.26 Å². The average Bonchev–Trinajstić information content (AvgIpc) is 2.79. The highest BCUT2D eigenvalue weighted by molar-refractivity contribution is 5.84. The summed E-state index contributed by atoms with van der Waals surface area (Å²) in [6, 6.07) is 12.3. The Hall–Kier alpha value is -4.05. The number of nitrogens with one attached hydrogen (secondary N) is 1. The maximum absolute atomic E-state index is 13.9. The standard InChI is InChI=1S/C26H21F2N3O2/c1-13-9-18(16(4)31-22-8-5-14(2)30-23(22)12-29)26-19(10-13)24(32)15(3)25(33-26)17-6-7-20(27)21(28)11-17/h5-11,16,31H,1-4H3. The minimum absolute atomic E-state index is 0.179. The van der Waals surface area contributed by atoms with Crippen LogP contribution in [0.4, 0.5) is 14.5 Å². The number of nitriles is 1. The van der Waals surface area contributed by atoms with Crippen molar-refractivity contribution in [2.24, 2.45) is 0 Å². The Balaban J connectivity index is 1.90. The lowest BCUT2D eigenvalue weighted by atomic mass is 9.98. The summed E-state index contributed by atoms with van der Waals surface area (Å²) in [6.07, 6.45) is 0. The monoisotopic (exact) mass is 445 g/mol. The van der Waals surface area contributed by atoms with E-state index in [1.54, 1.807) is 32.0 Å². The van der Waals surface area contributed by atoms with Gasteiger partial charge in [0.25, 0.3) is 0 Å². The molecule has 33 heavy (non-hydrogen) atoms. The molecule has 1 N–H and O–H groups in total. The molecule has 4 rings (SSSR count). The summed E-state index contributed by atoms with van der Waals surface area (Å²) in [7, 11) is 0. The molecule has 166 valence electrons. The highest BCUT2D eigenvalue weighted by Crippen LogP contribution is 2.33. The van der Waals surface area contributed by atoms with Crippen molar-refractivity contribution in [3.63, 3.8) is 0 Å². The van der Waals surface area contributed by atoms with Crippen LogP contribution in [-0.4, -0.2) is 4.98 Å². The molecule has 0 bridgehead atoms. The molecule has 0 saturated carbocycles.